The summed E-state index contributed by atoms with van der Waals surface area (Å²) in [6, 6.07) is 10.5. The Morgan fingerprint density at radius 2 is 1.77 bits per heavy atom. The number of nitrogens with zero attached hydrogens (tertiary/aromatic N) is 2. The Bertz CT molecular complexity index is 1030. The van der Waals surface area contributed by atoms with Crippen molar-refractivity contribution in [3.8, 4) is 0 Å². The number of carbonyl (C=O) groups excluding carboxylic acids is 3. The molecule has 9 nitrogen and oxygen atoms in total. The van der Waals surface area contributed by atoms with Gasteiger partial charge in [0.05, 0.1) is 23.2 Å². The first-order valence-electron chi connectivity index (χ1n) is 9.22. The summed E-state index contributed by atoms with van der Waals surface area (Å²) in [7, 11) is 1.12. The lowest BCUT2D eigenvalue weighted by molar-refractivity contribution is -0.384. The van der Waals surface area contributed by atoms with Crippen molar-refractivity contribution in [1.82, 2.24) is 0 Å². The summed E-state index contributed by atoms with van der Waals surface area (Å²) in [5.74, 6) is -2.19. The zero-order valence-corrected chi connectivity index (χ0v) is 16.7. The van der Waals surface area contributed by atoms with Crippen LogP contribution in [0.15, 0.2) is 42.5 Å². The number of nitro benzene ring substituents is 1. The lowest BCUT2D eigenvalue weighted by Gasteiger charge is -2.26. The van der Waals surface area contributed by atoms with E-state index in [2.05, 4.69) is 4.74 Å². The van der Waals surface area contributed by atoms with Crippen LogP contribution in [-0.2, 0) is 20.7 Å². The van der Waals surface area contributed by atoms with E-state index in [0.29, 0.717) is 6.42 Å². The van der Waals surface area contributed by atoms with E-state index in [0.717, 1.165) is 36.6 Å². The zero-order chi connectivity index (χ0) is 22.0. The minimum atomic E-state index is -1.13. The Labute approximate surface area is 172 Å². The van der Waals surface area contributed by atoms with Crippen molar-refractivity contribution in [3.05, 3.63) is 69.3 Å². The quantitative estimate of drug-likeness (QED) is 0.421. The maximum Gasteiger partial charge on any atom is 0.339 e. The van der Waals surface area contributed by atoms with Gasteiger partial charge in [-0.3, -0.25) is 14.9 Å². The Morgan fingerprint density at radius 1 is 1.13 bits per heavy atom. The number of ether oxygens (including phenoxy) is 2. The van der Waals surface area contributed by atoms with Crippen LogP contribution < -0.4 is 4.90 Å². The van der Waals surface area contributed by atoms with E-state index < -0.39 is 34.6 Å². The van der Waals surface area contributed by atoms with E-state index in [1.165, 1.54) is 6.92 Å². The summed E-state index contributed by atoms with van der Waals surface area (Å²) in [6.07, 6.45) is -0.442. The molecule has 9 heteroatoms. The molecule has 2 aromatic carbocycles. The third-order valence-corrected chi connectivity index (χ3v) is 4.86. The normalized spacial score (nSPS) is 15.8. The second-order valence-corrected chi connectivity index (χ2v) is 6.95. The first-order chi connectivity index (χ1) is 14.2. The van der Waals surface area contributed by atoms with Crippen LogP contribution in [0.2, 0.25) is 0 Å². The molecule has 0 fully saturated rings. The number of hydrogen-bond donors (Lipinski definition) is 0. The number of hydrogen-bond acceptors (Lipinski definition) is 7. The van der Waals surface area contributed by atoms with Crippen molar-refractivity contribution in [3.63, 3.8) is 0 Å². The van der Waals surface area contributed by atoms with Gasteiger partial charge in [0.25, 0.3) is 11.6 Å². The number of para-hydroxylation sites is 1. The van der Waals surface area contributed by atoms with Crippen molar-refractivity contribution >= 4 is 29.2 Å². The molecule has 1 amide bonds. The highest BCUT2D eigenvalue weighted by molar-refractivity contribution is 6.01. The van der Waals surface area contributed by atoms with Gasteiger partial charge in [0, 0.05) is 23.9 Å². The molecule has 0 aromatic heterocycles. The molecule has 0 saturated carbocycles. The van der Waals surface area contributed by atoms with Gasteiger partial charge < -0.3 is 14.4 Å². The van der Waals surface area contributed by atoms with Crippen molar-refractivity contribution in [1.29, 1.82) is 0 Å². The van der Waals surface area contributed by atoms with Crippen LogP contribution in [0.4, 0.5) is 11.4 Å². The predicted octanol–water partition coefficient (Wildman–Crippen LogP) is 2.90. The van der Waals surface area contributed by atoms with Crippen molar-refractivity contribution in [2.24, 2.45) is 0 Å². The van der Waals surface area contributed by atoms with Gasteiger partial charge in [-0.1, -0.05) is 18.2 Å². The molecule has 0 bridgehead atoms. The monoisotopic (exact) mass is 412 g/mol. The Kier molecular flexibility index (Phi) is 5.81. The Morgan fingerprint density at radius 3 is 2.40 bits per heavy atom. The summed E-state index contributed by atoms with van der Waals surface area (Å²) in [6.45, 7) is 3.34. The van der Waals surface area contributed by atoms with Crippen LogP contribution in [0.1, 0.15) is 40.1 Å². The van der Waals surface area contributed by atoms with Crippen LogP contribution in [0.3, 0.4) is 0 Å². The van der Waals surface area contributed by atoms with Crippen LogP contribution in [0.25, 0.3) is 0 Å². The third-order valence-electron chi connectivity index (χ3n) is 4.86. The molecule has 2 aromatic rings. The van der Waals surface area contributed by atoms with E-state index in [1.807, 2.05) is 31.2 Å². The largest absolute Gasteiger partial charge is 0.465 e. The highest BCUT2D eigenvalue weighted by atomic mass is 16.6. The lowest BCUT2D eigenvalue weighted by Crippen LogP contribution is -2.43. The van der Waals surface area contributed by atoms with E-state index in [1.54, 1.807) is 4.90 Å². The first kappa shape index (κ1) is 21.0. The van der Waals surface area contributed by atoms with Gasteiger partial charge in [-0.2, -0.15) is 0 Å². The fourth-order valence-corrected chi connectivity index (χ4v) is 3.45. The van der Waals surface area contributed by atoms with Crippen LogP contribution >= 0.6 is 0 Å². The number of nitro groups is 1. The predicted molar refractivity (Wildman–Crippen MR) is 106 cm³/mol. The molecule has 1 aliphatic heterocycles. The summed E-state index contributed by atoms with van der Waals surface area (Å²) in [5.41, 5.74) is 0.935. The number of rotatable bonds is 5. The maximum atomic E-state index is 12.9. The summed E-state index contributed by atoms with van der Waals surface area (Å²) in [4.78, 5) is 49.3. The number of amides is 1. The average molecular weight is 412 g/mol. The number of methoxy groups -OCH3 is 1. The molecule has 30 heavy (non-hydrogen) atoms. The number of fused-ring (bicyclic) bond motifs is 1. The Balaban J connectivity index is 1.82. The molecule has 0 unspecified atom stereocenters. The summed E-state index contributed by atoms with van der Waals surface area (Å²) >= 11 is 0. The van der Waals surface area contributed by atoms with Crippen molar-refractivity contribution in [2.75, 3.05) is 12.0 Å². The molecule has 0 aliphatic carbocycles. The number of anilines is 1. The highest BCUT2D eigenvalue weighted by Gasteiger charge is 2.34. The third kappa shape index (κ3) is 4.00. The summed E-state index contributed by atoms with van der Waals surface area (Å²) < 4.78 is 9.84. The second-order valence-electron chi connectivity index (χ2n) is 6.95. The molecule has 0 N–H and O–H groups in total. The lowest BCUT2D eigenvalue weighted by atomic mass is 10.1. The molecule has 1 aliphatic rings. The standard InChI is InChI=1S/C21H20N2O7/c1-12-8-14-6-4-5-7-18(14)22(12)19(24)13(2)30-21(26)16-9-15(20(25)29-3)10-17(11-16)23(27)28/h4-7,9-13H,8H2,1-3H3/t12-,13+/m1/s1. The topological polar surface area (TPSA) is 116 Å². The van der Waals surface area contributed by atoms with Gasteiger partial charge in [0.15, 0.2) is 6.10 Å². The smallest absolute Gasteiger partial charge is 0.339 e. The fraction of sp³-hybridized carbons (Fsp3) is 0.286. The molecule has 156 valence electrons. The number of non-ortho nitro benzene ring substituents is 1. The van der Waals surface area contributed by atoms with Crippen LogP contribution in [-0.4, -0.2) is 42.0 Å². The average Bonchev–Trinajstić information content (AvgIpc) is 3.07. The van der Waals surface area contributed by atoms with E-state index in [-0.39, 0.29) is 17.2 Å². The van der Waals surface area contributed by atoms with Crippen molar-refractivity contribution < 1.29 is 28.8 Å². The fourth-order valence-electron chi connectivity index (χ4n) is 3.45. The van der Waals surface area contributed by atoms with Crippen molar-refractivity contribution in [2.45, 2.75) is 32.4 Å². The second kappa shape index (κ2) is 8.32. The zero-order valence-electron chi connectivity index (χ0n) is 16.7. The molecule has 1 heterocycles. The van der Waals surface area contributed by atoms with Crippen LogP contribution in [0, 0.1) is 10.1 Å². The molecule has 3 rings (SSSR count). The van der Waals surface area contributed by atoms with Gasteiger partial charge in [0.2, 0.25) is 0 Å². The molecule has 0 radical (unpaired) electrons. The van der Waals surface area contributed by atoms with Gasteiger partial charge in [-0.25, -0.2) is 9.59 Å². The number of esters is 2. The van der Waals surface area contributed by atoms with Gasteiger partial charge >= 0.3 is 11.9 Å². The van der Waals surface area contributed by atoms with E-state index >= 15 is 0 Å². The van der Waals surface area contributed by atoms with E-state index in [9.17, 15) is 24.5 Å². The number of benzene rings is 2. The first-order valence-corrected chi connectivity index (χ1v) is 9.22. The molecular formula is C21H20N2O7. The Hall–Kier alpha value is -3.75. The number of carbonyl (C=O) groups is 3. The maximum absolute atomic E-state index is 12.9. The van der Waals surface area contributed by atoms with Crippen LogP contribution in [0.5, 0.6) is 0 Å². The van der Waals surface area contributed by atoms with E-state index in [4.69, 9.17) is 4.74 Å². The molecule has 2 atom stereocenters. The molecule has 0 spiro atoms. The van der Waals surface area contributed by atoms with Gasteiger partial charge in [-0.05, 0) is 38.0 Å². The molecular weight excluding hydrogens is 392 g/mol. The SMILES string of the molecule is COC(=O)c1cc(C(=O)O[C@@H](C)C(=O)N2c3ccccc3C[C@H]2C)cc([N+](=O)[O-])c1. The van der Waals surface area contributed by atoms with Gasteiger partial charge in [-0.15, -0.1) is 0 Å². The highest BCUT2D eigenvalue weighted by Crippen LogP contribution is 2.32. The minimum Gasteiger partial charge on any atom is -0.465 e. The summed E-state index contributed by atoms with van der Waals surface area (Å²) in [5, 5.41) is 11.1. The minimum absolute atomic E-state index is 0.0974. The molecule has 0 saturated heterocycles. The van der Waals surface area contributed by atoms with Gasteiger partial charge in [0.1, 0.15) is 0 Å².